The molecule has 0 aromatic carbocycles. The molecule has 6 heteroatoms. The zero-order valence-corrected chi connectivity index (χ0v) is 9.30. The van der Waals surface area contributed by atoms with Gasteiger partial charge in [-0.15, -0.1) is 0 Å². The molecule has 0 aromatic rings. The van der Waals surface area contributed by atoms with Crippen molar-refractivity contribution in [3.63, 3.8) is 0 Å². The van der Waals surface area contributed by atoms with E-state index in [0.29, 0.717) is 13.1 Å². The molecule has 0 bridgehead atoms. The van der Waals surface area contributed by atoms with E-state index in [9.17, 15) is 9.59 Å². The van der Waals surface area contributed by atoms with Gasteiger partial charge in [0, 0.05) is 13.1 Å². The van der Waals surface area contributed by atoms with Crippen molar-refractivity contribution in [1.82, 2.24) is 10.6 Å². The highest BCUT2D eigenvalue weighted by Gasteiger charge is 2.37. The Morgan fingerprint density at radius 1 is 1.00 bits per heavy atom. The fourth-order valence-corrected chi connectivity index (χ4v) is 0.873. The third-order valence-electron chi connectivity index (χ3n) is 1.82. The second-order valence-electron chi connectivity index (χ2n) is 3.38. The van der Waals surface area contributed by atoms with E-state index in [4.69, 9.17) is 11.5 Å². The van der Waals surface area contributed by atoms with Crippen LogP contribution in [0.2, 0.25) is 0 Å². The first kappa shape index (κ1) is 13.9. The van der Waals surface area contributed by atoms with Gasteiger partial charge in [0.2, 0.25) is 5.66 Å². The van der Waals surface area contributed by atoms with Gasteiger partial charge in [0.25, 0.3) is 11.8 Å². The van der Waals surface area contributed by atoms with Crippen molar-refractivity contribution in [2.45, 2.75) is 32.4 Å². The van der Waals surface area contributed by atoms with Crippen LogP contribution in [-0.2, 0) is 9.59 Å². The lowest BCUT2D eigenvalue weighted by atomic mass is 10.1. The van der Waals surface area contributed by atoms with Crippen molar-refractivity contribution >= 4 is 11.8 Å². The molecule has 0 unspecified atom stereocenters. The van der Waals surface area contributed by atoms with Crippen molar-refractivity contribution < 1.29 is 9.59 Å². The predicted octanol–water partition coefficient (Wildman–Crippen LogP) is -1.35. The van der Waals surface area contributed by atoms with Crippen LogP contribution in [0.4, 0.5) is 0 Å². The molecular weight excluding hydrogens is 196 g/mol. The fraction of sp³-hybridized carbons (Fsp3) is 0.778. The Balaban J connectivity index is 4.24. The van der Waals surface area contributed by atoms with Crippen LogP contribution in [0.15, 0.2) is 0 Å². The van der Waals surface area contributed by atoms with Crippen molar-refractivity contribution in [3.05, 3.63) is 0 Å². The van der Waals surface area contributed by atoms with Crippen molar-refractivity contribution in [1.29, 1.82) is 0 Å². The first-order chi connectivity index (χ1) is 6.96. The van der Waals surface area contributed by atoms with E-state index < -0.39 is 17.5 Å². The number of nitrogens with one attached hydrogen (secondary N) is 2. The van der Waals surface area contributed by atoms with E-state index in [1.807, 2.05) is 13.8 Å². The minimum absolute atomic E-state index is 0.454. The van der Waals surface area contributed by atoms with E-state index >= 15 is 0 Å². The molecule has 15 heavy (non-hydrogen) atoms. The summed E-state index contributed by atoms with van der Waals surface area (Å²) >= 11 is 0. The maximum atomic E-state index is 11.4. The molecule has 0 spiro atoms. The van der Waals surface area contributed by atoms with Crippen LogP contribution in [-0.4, -0.2) is 30.6 Å². The SMILES string of the molecule is CCCNC(=O)C(N)(N)C(=O)NCCC. The van der Waals surface area contributed by atoms with Gasteiger partial charge in [0.15, 0.2) is 0 Å². The van der Waals surface area contributed by atoms with Gasteiger partial charge in [-0.25, -0.2) is 0 Å². The first-order valence-corrected chi connectivity index (χ1v) is 5.11. The molecular formula is C9H20N4O2. The Hall–Kier alpha value is -1.14. The lowest BCUT2D eigenvalue weighted by Gasteiger charge is -2.22. The molecule has 6 N–H and O–H groups in total. The molecule has 0 heterocycles. The van der Waals surface area contributed by atoms with E-state index in [1.165, 1.54) is 0 Å². The lowest BCUT2D eigenvalue weighted by Crippen LogP contribution is -2.69. The Labute approximate surface area is 89.8 Å². The predicted molar refractivity (Wildman–Crippen MR) is 57.7 cm³/mol. The van der Waals surface area contributed by atoms with Gasteiger partial charge in [-0.2, -0.15) is 0 Å². The largest absolute Gasteiger partial charge is 0.353 e. The molecule has 0 atom stereocenters. The summed E-state index contributed by atoms with van der Waals surface area (Å²) in [5, 5.41) is 4.96. The average molecular weight is 216 g/mol. The van der Waals surface area contributed by atoms with Gasteiger partial charge in [0.1, 0.15) is 0 Å². The molecule has 0 radical (unpaired) electrons. The van der Waals surface area contributed by atoms with Crippen LogP contribution in [0.25, 0.3) is 0 Å². The number of rotatable bonds is 6. The molecule has 2 amide bonds. The summed E-state index contributed by atoms with van der Waals surface area (Å²) in [6, 6.07) is 0. The Morgan fingerprint density at radius 3 is 1.60 bits per heavy atom. The summed E-state index contributed by atoms with van der Waals surface area (Å²) in [5.41, 5.74) is 8.90. The van der Waals surface area contributed by atoms with Crippen LogP contribution < -0.4 is 22.1 Å². The smallest absolute Gasteiger partial charge is 0.264 e. The van der Waals surface area contributed by atoms with Crippen LogP contribution in [0.1, 0.15) is 26.7 Å². The van der Waals surface area contributed by atoms with Gasteiger partial charge < -0.3 is 10.6 Å². The molecule has 0 aliphatic carbocycles. The summed E-state index contributed by atoms with van der Waals surface area (Å²) in [6.45, 7) is 4.70. The Morgan fingerprint density at radius 2 is 1.33 bits per heavy atom. The summed E-state index contributed by atoms with van der Waals surface area (Å²) in [5.74, 6) is -1.31. The second kappa shape index (κ2) is 6.36. The van der Waals surface area contributed by atoms with Crippen LogP contribution in [0, 0.1) is 0 Å². The molecule has 0 aliphatic rings. The topological polar surface area (TPSA) is 110 Å². The summed E-state index contributed by atoms with van der Waals surface area (Å²) < 4.78 is 0. The summed E-state index contributed by atoms with van der Waals surface area (Å²) in [4.78, 5) is 22.8. The Bertz CT molecular complexity index is 206. The van der Waals surface area contributed by atoms with E-state index in [1.54, 1.807) is 0 Å². The number of amides is 2. The summed E-state index contributed by atoms with van der Waals surface area (Å²) in [6.07, 6.45) is 1.52. The zero-order valence-electron chi connectivity index (χ0n) is 9.30. The number of hydrogen-bond donors (Lipinski definition) is 4. The third kappa shape index (κ3) is 4.26. The van der Waals surface area contributed by atoms with E-state index in [0.717, 1.165) is 12.8 Å². The molecule has 88 valence electrons. The number of hydrogen-bond acceptors (Lipinski definition) is 4. The van der Waals surface area contributed by atoms with E-state index in [2.05, 4.69) is 10.6 Å². The molecule has 0 aromatic heterocycles. The highest BCUT2D eigenvalue weighted by atomic mass is 16.2. The highest BCUT2D eigenvalue weighted by molar-refractivity contribution is 6.08. The van der Waals surface area contributed by atoms with Gasteiger partial charge in [-0.3, -0.25) is 21.1 Å². The number of carbonyl (C=O) groups excluding carboxylic acids is 2. The zero-order chi connectivity index (χ0) is 11.9. The number of carbonyl (C=O) groups is 2. The lowest BCUT2D eigenvalue weighted by molar-refractivity contribution is -0.137. The molecule has 0 saturated heterocycles. The van der Waals surface area contributed by atoms with Crippen molar-refractivity contribution in [2.24, 2.45) is 11.5 Å². The van der Waals surface area contributed by atoms with Crippen LogP contribution in [0.3, 0.4) is 0 Å². The van der Waals surface area contributed by atoms with Gasteiger partial charge in [0.05, 0.1) is 0 Å². The second-order valence-corrected chi connectivity index (χ2v) is 3.38. The van der Waals surface area contributed by atoms with Crippen molar-refractivity contribution in [3.8, 4) is 0 Å². The van der Waals surface area contributed by atoms with Crippen LogP contribution in [0.5, 0.6) is 0 Å². The standard InChI is InChI=1S/C9H20N4O2/c1-3-5-12-7(14)9(10,11)8(15)13-6-4-2/h3-6,10-11H2,1-2H3,(H,12,14)(H,13,15). The Kier molecular flexibility index (Phi) is 5.88. The molecule has 0 saturated carbocycles. The molecule has 0 aliphatic heterocycles. The van der Waals surface area contributed by atoms with Gasteiger partial charge in [-0.05, 0) is 12.8 Å². The maximum absolute atomic E-state index is 11.4. The normalized spacial score (nSPS) is 10.9. The van der Waals surface area contributed by atoms with Crippen LogP contribution >= 0.6 is 0 Å². The van der Waals surface area contributed by atoms with E-state index in [-0.39, 0.29) is 0 Å². The third-order valence-corrected chi connectivity index (χ3v) is 1.82. The van der Waals surface area contributed by atoms with Gasteiger partial charge in [-0.1, -0.05) is 13.8 Å². The van der Waals surface area contributed by atoms with Gasteiger partial charge >= 0.3 is 0 Å². The quantitative estimate of drug-likeness (QED) is 0.325. The molecule has 0 rings (SSSR count). The minimum Gasteiger partial charge on any atom is -0.353 e. The maximum Gasteiger partial charge on any atom is 0.264 e. The fourth-order valence-electron chi connectivity index (χ4n) is 0.873. The molecule has 0 fully saturated rings. The van der Waals surface area contributed by atoms with Crippen molar-refractivity contribution in [2.75, 3.05) is 13.1 Å². The number of nitrogens with two attached hydrogens (primary N) is 2. The minimum atomic E-state index is -1.98. The molecule has 6 nitrogen and oxygen atoms in total. The highest BCUT2D eigenvalue weighted by Crippen LogP contribution is 1.92. The summed E-state index contributed by atoms with van der Waals surface area (Å²) in [7, 11) is 0. The first-order valence-electron chi connectivity index (χ1n) is 5.11. The monoisotopic (exact) mass is 216 g/mol. The average Bonchev–Trinajstić information content (AvgIpc) is 2.21.